The van der Waals surface area contributed by atoms with Crippen LogP contribution in [0.4, 0.5) is 0 Å². The summed E-state index contributed by atoms with van der Waals surface area (Å²) in [5, 5.41) is 4.37. The molecule has 2 aromatic rings. The molecule has 0 aliphatic carbocycles. The molecule has 1 aromatic heterocycles. The van der Waals surface area contributed by atoms with Crippen LogP contribution >= 0.6 is 0 Å². The summed E-state index contributed by atoms with van der Waals surface area (Å²) in [5.74, 6) is 0.169. The Morgan fingerprint density at radius 1 is 1.30 bits per heavy atom. The number of aryl methyl sites for hydroxylation is 3. The third-order valence-corrected chi connectivity index (χ3v) is 3.78. The van der Waals surface area contributed by atoms with Gasteiger partial charge in [0.1, 0.15) is 0 Å². The number of aromatic nitrogens is 2. The van der Waals surface area contributed by atoms with E-state index in [4.69, 9.17) is 0 Å². The molecule has 0 N–H and O–H groups in total. The molecule has 1 aromatic carbocycles. The third-order valence-electron chi connectivity index (χ3n) is 3.78. The molecule has 20 heavy (non-hydrogen) atoms. The van der Waals surface area contributed by atoms with Gasteiger partial charge in [-0.05, 0) is 31.9 Å². The van der Waals surface area contributed by atoms with Crippen LogP contribution in [-0.2, 0) is 19.9 Å². The molecule has 0 aliphatic heterocycles. The van der Waals surface area contributed by atoms with Crippen LogP contribution in [0.2, 0.25) is 0 Å². The third kappa shape index (κ3) is 2.98. The molecule has 1 heterocycles. The van der Waals surface area contributed by atoms with Gasteiger partial charge in [0.15, 0.2) is 5.78 Å². The summed E-state index contributed by atoms with van der Waals surface area (Å²) >= 11 is 0. The Hall–Kier alpha value is -1.90. The van der Waals surface area contributed by atoms with E-state index in [1.807, 2.05) is 43.8 Å². The van der Waals surface area contributed by atoms with Gasteiger partial charge in [0.2, 0.25) is 0 Å². The first-order chi connectivity index (χ1) is 9.52. The van der Waals surface area contributed by atoms with Gasteiger partial charge in [0, 0.05) is 30.3 Å². The van der Waals surface area contributed by atoms with Crippen LogP contribution in [0.25, 0.3) is 0 Å². The van der Waals surface area contributed by atoms with E-state index >= 15 is 0 Å². The molecule has 0 fully saturated rings. The minimum atomic E-state index is 0.169. The number of nitrogens with zero attached hydrogens (tertiary/aromatic N) is 2. The van der Waals surface area contributed by atoms with E-state index in [1.54, 1.807) is 0 Å². The number of carbonyl (C=O) groups is 1. The van der Waals surface area contributed by atoms with Gasteiger partial charge in [-0.1, -0.05) is 31.5 Å². The van der Waals surface area contributed by atoms with Crippen molar-refractivity contribution in [1.29, 1.82) is 0 Å². The Balaban J connectivity index is 2.21. The van der Waals surface area contributed by atoms with E-state index < -0.39 is 0 Å². The summed E-state index contributed by atoms with van der Waals surface area (Å²) in [4.78, 5) is 12.4. The molecular formula is C17H22N2O. The second-order valence-electron chi connectivity index (χ2n) is 5.32. The second kappa shape index (κ2) is 6.04. The van der Waals surface area contributed by atoms with Crippen molar-refractivity contribution in [3.63, 3.8) is 0 Å². The molecule has 0 unspecified atom stereocenters. The average molecular weight is 270 g/mol. The fraction of sp³-hybridized carbons (Fsp3) is 0.412. The van der Waals surface area contributed by atoms with Crippen LogP contribution in [-0.4, -0.2) is 15.6 Å². The Kier molecular flexibility index (Phi) is 4.38. The standard InChI is InChI=1S/C17H22N2O/c1-5-7-14-8-6-9-15(10-14)17(20)11-16-12(2)18-19(4)13(16)3/h6,8-10H,5,7,11H2,1-4H3. The van der Waals surface area contributed by atoms with Crippen LogP contribution in [0.15, 0.2) is 24.3 Å². The van der Waals surface area contributed by atoms with Crippen LogP contribution in [0.5, 0.6) is 0 Å². The lowest BCUT2D eigenvalue weighted by Crippen LogP contribution is -2.06. The van der Waals surface area contributed by atoms with Gasteiger partial charge in [-0.25, -0.2) is 0 Å². The number of hydrogen-bond donors (Lipinski definition) is 0. The van der Waals surface area contributed by atoms with Gasteiger partial charge in [-0.2, -0.15) is 5.10 Å². The van der Waals surface area contributed by atoms with Crippen LogP contribution in [0.3, 0.4) is 0 Å². The molecule has 3 nitrogen and oxygen atoms in total. The topological polar surface area (TPSA) is 34.9 Å². The number of carbonyl (C=O) groups excluding carboxylic acids is 1. The van der Waals surface area contributed by atoms with Crippen molar-refractivity contribution < 1.29 is 4.79 Å². The van der Waals surface area contributed by atoms with Crippen molar-refractivity contribution >= 4 is 5.78 Å². The van der Waals surface area contributed by atoms with Crippen molar-refractivity contribution in [2.45, 2.75) is 40.0 Å². The van der Waals surface area contributed by atoms with E-state index in [1.165, 1.54) is 5.56 Å². The molecule has 106 valence electrons. The van der Waals surface area contributed by atoms with Crippen molar-refractivity contribution in [3.8, 4) is 0 Å². The highest BCUT2D eigenvalue weighted by Crippen LogP contribution is 2.16. The van der Waals surface area contributed by atoms with Gasteiger partial charge >= 0.3 is 0 Å². The van der Waals surface area contributed by atoms with Gasteiger partial charge < -0.3 is 0 Å². The molecular weight excluding hydrogens is 248 g/mol. The van der Waals surface area contributed by atoms with Crippen LogP contribution < -0.4 is 0 Å². The highest BCUT2D eigenvalue weighted by atomic mass is 16.1. The molecule has 2 rings (SSSR count). The predicted molar refractivity (Wildman–Crippen MR) is 81.2 cm³/mol. The molecule has 0 amide bonds. The first-order valence-corrected chi connectivity index (χ1v) is 7.14. The number of benzene rings is 1. The van der Waals surface area contributed by atoms with E-state index in [-0.39, 0.29) is 5.78 Å². The summed E-state index contributed by atoms with van der Waals surface area (Å²) in [6, 6.07) is 7.98. The summed E-state index contributed by atoms with van der Waals surface area (Å²) < 4.78 is 1.84. The first kappa shape index (κ1) is 14.5. The van der Waals surface area contributed by atoms with Gasteiger partial charge in [0.05, 0.1) is 5.69 Å². The maximum atomic E-state index is 12.4. The number of hydrogen-bond acceptors (Lipinski definition) is 2. The number of rotatable bonds is 5. The summed E-state index contributed by atoms with van der Waals surface area (Å²) in [6.07, 6.45) is 2.55. The zero-order valence-electron chi connectivity index (χ0n) is 12.7. The quantitative estimate of drug-likeness (QED) is 0.780. The van der Waals surface area contributed by atoms with Crippen LogP contribution in [0, 0.1) is 13.8 Å². The Morgan fingerprint density at radius 2 is 2.05 bits per heavy atom. The molecule has 0 saturated heterocycles. The van der Waals surface area contributed by atoms with Gasteiger partial charge in [0.25, 0.3) is 0 Å². The normalized spacial score (nSPS) is 10.8. The van der Waals surface area contributed by atoms with Gasteiger partial charge in [-0.15, -0.1) is 0 Å². The average Bonchev–Trinajstić information content (AvgIpc) is 2.66. The highest BCUT2D eigenvalue weighted by molar-refractivity contribution is 5.97. The summed E-state index contributed by atoms with van der Waals surface area (Å²) in [7, 11) is 1.91. The SMILES string of the molecule is CCCc1cccc(C(=O)Cc2c(C)nn(C)c2C)c1. The predicted octanol–water partition coefficient (Wildman–Crippen LogP) is 3.41. The Labute approximate surface area is 120 Å². The largest absolute Gasteiger partial charge is 0.294 e. The second-order valence-corrected chi connectivity index (χ2v) is 5.32. The van der Waals surface area contributed by atoms with Gasteiger partial charge in [-0.3, -0.25) is 9.48 Å². The molecule has 0 spiro atoms. The molecule has 0 radical (unpaired) electrons. The van der Waals surface area contributed by atoms with Crippen molar-refractivity contribution in [2.75, 3.05) is 0 Å². The smallest absolute Gasteiger partial charge is 0.167 e. The van der Waals surface area contributed by atoms with Crippen molar-refractivity contribution in [1.82, 2.24) is 9.78 Å². The lowest BCUT2D eigenvalue weighted by atomic mass is 9.99. The number of Topliss-reactive ketones (excluding diaryl/α,β-unsaturated/α-hetero) is 1. The molecule has 0 bridgehead atoms. The van der Waals surface area contributed by atoms with E-state index in [2.05, 4.69) is 18.1 Å². The summed E-state index contributed by atoms with van der Waals surface area (Å²) in [5.41, 5.74) is 5.11. The lowest BCUT2D eigenvalue weighted by molar-refractivity contribution is 0.0992. The minimum Gasteiger partial charge on any atom is -0.294 e. The Bertz CT molecular complexity index is 626. The fourth-order valence-corrected chi connectivity index (χ4v) is 2.52. The monoisotopic (exact) mass is 270 g/mol. The molecule has 0 atom stereocenters. The maximum Gasteiger partial charge on any atom is 0.167 e. The van der Waals surface area contributed by atoms with E-state index in [0.717, 1.165) is 35.4 Å². The molecule has 0 saturated carbocycles. The fourth-order valence-electron chi connectivity index (χ4n) is 2.52. The Morgan fingerprint density at radius 3 is 2.65 bits per heavy atom. The van der Waals surface area contributed by atoms with E-state index in [9.17, 15) is 4.79 Å². The van der Waals surface area contributed by atoms with E-state index in [0.29, 0.717) is 6.42 Å². The van der Waals surface area contributed by atoms with Crippen LogP contribution in [0.1, 0.15) is 46.2 Å². The zero-order valence-corrected chi connectivity index (χ0v) is 12.7. The first-order valence-electron chi connectivity index (χ1n) is 7.14. The number of ketones is 1. The summed E-state index contributed by atoms with van der Waals surface area (Å²) in [6.45, 7) is 6.12. The zero-order chi connectivity index (χ0) is 14.7. The molecule has 3 heteroatoms. The minimum absolute atomic E-state index is 0.169. The lowest BCUT2D eigenvalue weighted by Gasteiger charge is -2.05. The maximum absolute atomic E-state index is 12.4. The molecule has 0 aliphatic rings. The van der Waals surface area contributed by atoms with Crippen molar-refractivity contribution in [3.05, 3.63) is 52.3 Å². The highest BCUT2D eigenvalue weighted by Gasteiger charge is 2.15. The van der Waals surface area contributed by atoms with Crippen molar-refractivity contribution in [2.24, 2.45) is 7.05 Å².